The van der Waals surface area contributed by atoms with Gasteiger partial charge in [-0.1, -0.05) is 11.6 Å². The molecule has 0 bridgehead atoms. The van der Waals surface area contributed by atoms with Crippen LogP contribution in [-0.4, -0.2) is 30.1 Å². The number of pyridine rings is 1. The Kier molecular flexibility index (Phi) is 4.77. The van der Waals surface area contributed by atoms with Crippen LogP contribution in [0.4, 0.5) is 11.5 Å². The minimum atomic E-state index is -0.252. The van der Waals surface area contributed by atoms with E-state index in [1.165, 1.54) is 0 Å². The Morgan fingerprint density at radius 3 is 2.88 bits per heavy atom. The summed E-state index contributed by atoms with van der Waals surface area (Å²) in [5, 5.41) is 7.55. The van der Waals surface area contributed by atoms with Gasteiger partial charge < -0.3 is 19.8 Å². The van der Waals surface area contributed by atoms with Crippen molar-refractivity contribution in [3.63, 3.8) is 0 Å². The second-order valence-electron chi connectivity index (χ2n) is 6.17. The lowest BCUT2D eigenvalue weighted by Gasteiger charge is -2.12. The Labute approximate surface area is 155 Å². The van der Waals surface area contributed by atoms with Crippen LogP contribution in [0.25, 0.3) is 11.0 Å². The second kappa shape index (κ2) is 7.35. The Balaban J connectivity index is 1.57. The molecule has 1 aliphatic heterocycles. The Morgan fingerprint density at radius 1 is 1.27 bits per heavy atom. The number of ether oxygens (including phenoxy) is 1. The van der Waals surface area contributed by atoms with E-state index in [0.717, 1.165) is 30.5 Å². The number of aromatic nitrogens is 1. The molecule has 3 aromatic rings. The molecule has 7 heteroatoms. The first-order valence-electron chi connectivity index (χ1n) is 8.50. The first kappa shape index (κ1) is 16.9. The highest BCUT2D eigenvalue weighted by atomic mass is 35.5. The van der Waals surface area contributed by atoms with Gasteiger partial charge in [0.25, 0.3) is 5.91 Å². The van der Waals surface area contributed by atoms with Gasteiger partial charge in [0.15, 0.2) is 0 Å². The number of amides is 1. The molecule has 0 unspecified atom stereocenters. The summed E-state index contributed by atoms with van der Waals surface area (Å²) < 4.78 is 11.0. The summed E-state index contributed by atoms with van der Waals surface area (Å²) in [6.45, 7) is 1.24. The van der Waals surface area contributed by atoms with E-state index in [2.05, 4.69) is 15.6 Å². The lowest BCUT2D eigenvalue weighted by atomic mass is 10.2. The number of hydrogen-bond donors (Lipinski definition) is 2. The highest BCUT2D eigenvalue weighted by molar-refractivity contribution is 6.30. The van der Waals surface area contributed by atoms with E-state index in [1.807, 2.05) is 18.2 Å². The predicted octanol–water partition coefficient (Wildman–Crippen LogP) is 4.13. The molecule has 134 valence electrons. The largest absolute Gasteiger partial charge is 0.464 e. The van der Waals surface area contributed by atoms with Crippen molar-refractivity contribution in [1.82, 2.24) is 10.3 Å². The number of rotatable bonds is 5. The van der Waals surface area contributed by atoms with E-state index in [0.29, 0.717) is 28.7 Å². The van der Waals surface area contributed by atoms with Crippen molar-refractivity contribution in [2.75, 3.05) is 18.5 Å². The van der Waals surface area contributed by atoms with Crippen molar-refractivity contribution in [1.29, 1.82) is 0 Å². The molecular formula is C19H18ClN3O3. The smallest absolute Gasteiger partial charge is 0.270 e. The van der Waals surface area contributed by atoms with Crippen molar-refractivity contribution >= 4 is 40.0 Å². The van der Waals surface area contributed by atoms with Gasteiger partial charge >= 0.3 is 0 Å². The van der Waals surface area contributed by atoms with Crippen molar-refractivity contribution in [3.8, 4) is 0 Å². The fourth-order valence-corrected chi connectivity index (χ4v) is 3.08. The van der Waals surface area contributed by atoms with E-state index >= 15 is 0 Å². The van der Waals surface area contributed by atoms with Gasteiger partial charge in [-0.25, -0.2) is 4.98 Å². The van der Waals surface area contributed by atoms with E-state index in [-0.39, 0.29) is 12.0 Å². The van der Waals surface area contributed by atoms with Gasteiger partial charge in [-0.15, -0.1) is 0 Å². The molecule has 1 amide bonds. The highest BCUT2D eigenvalue weighted by Gasteiger charge is 2.18. The van der Waals surface area contributed by atoms with E-state index in [4.69, 9.17) is 20.8 Å². The zero-order chi connectivity index (χ0) is 17.9. The summed E-state index contributed by atoms with van der Waals surface area (Å²) in [6, 6.07) is 10.7. The molecule has 3 heterocycles. The fourth-order valence-electron chi connectivity index (χ4n) is 2.95. The molecule has 2 N–H and O–H groups in total. The number of nitrogens with zero attached hydrogens (tertiary/aromatic N) is 1. The molecule has 6 nitrogen and oxygen atoms in total. The zero-order valence-corrected chi connectivity index (χ0v) is 14.8. The van der Waals surface area contributed by atoms with Crippen LogP contribution in [-0.2, 0) is 4.74 Å². The first-order valence-corrected chi connectivity index (χ1v) is 8.87. The summed E-state index contributed by atoms with van der Waals surface area (Å²) in [4.78, 5) is 17.0. The van der Waals surface area contributed by atoms with Crippen molar-refractivity contribution < 1.29 is 13.9 Å². The lowest BCUT2D eigenvalue weighted by molar-refractivity contribution is 0.0854. The molecular weight excluding hydrogens is 354 g/mol. The molecule has 1 atom stereocenters. The third kappa shape index (κ3) is 3.66. The molecule has 0 aliphatic carbocycles. The van der Waals surface area contributed by atoms with E-state index < -0.39 is 0 Å². The number of benzene rings is 1. The number of anilines is 2. The summed E-state index contributed by atoms with van der Waals surface area (Å²) in [6.07, 6.45) is 3.66. The number of halogens is 1. The predicted molar refractivity (Wildman–Crippen MR) is 100 cm³/mol. The summed E-state index contributed by atoms with van der Waals surface area (Å²) >= 11 is 5.93. The van der Waals surface area contributed by atoms with Crippen molar-refractivity contribution in [2.45, 2.75) is 18.9 Å². The number of hydrogen-bond acceptors (Lipinski definition) is 5. The summed E-state index contributed by atoms with van der Waals surface area (Å²) in [7, 11) is 0. The average Bonchev–Trinajstić information content (AvgIpc) is 3.33. The zero-order valence-electron chi connectivity index (χ0n) is 14.0. The maximum absolute atomic E-state index is 12.5. The van der Waals surface area contributed by atoms with Crippen LogP contribution >= 0.6 is 11.6 Å². The van der Waals surface area contributed by atoms with Crippen LogP contribution in [0.3, 0.4) is 0 Å². The topological polar surface area (TPSA) is 76.4 Å². The van der Waals surface area contributed by atoms with Gasteiger partial charge in [-0.3, -0.25) is 4.79 Å². The van der Waals surface area contributed by atoms with Gasteiger partial charge in [0.1, 0.15) is 17.1 Å². The maximum Gasteiger partial charge on any atom is 0.270 e. The Morgan fingerprint density at radius 2 is 2.12 bits per heavy atom. The average molecular weight is 372 g/mol. The first-order chi connectivity index (χ1) is 12.7. The number of nitrogens with one attached hydrogen (secondary N) is 2. The minimum Gasteiger partial charge on any atom is -0.464 e. The molecule has 1 aliphatic rings. The molecule has 0 radical (unpaired) electrons. The fraction of sp³-hybridized carbons (Fsp3) is 0.263. The third-order valence-corrected chi connectivity index (χ3v) is 4.56. The van der Waals surface area contributed by atoms with Crippen LogP contribution < -0.4 is 10.6 Å². The van der Waals surface area contributed by atoms with Gasteiger partial charge in [0, 0.05) is 29.9 Å². The molecule has 0 spiro atoms. The van der Waals surface area contributed by atoms with Crippen molar-refractivity contribution in [2.24, 2.45) is 0 Å². The summed E-state index contributed by atoms with van der Waals surface area (Å²) in [5.41, 5.74) is 1.71. The summed E-state index contributed by atoms with van der Waals surface area (Å²) in [5.74, 6) is 0.304. The SMILES string of the molecule is O=C(NC[C@H]1CCCO1)c1cc2occc2c(Nc2ccc(Cl)cc2)n1. The molecule has 26 heavy (non-hydrogen) atoms. The maximum atomic E-state index is 12.5. The third-order valence-electron chi connectivity index (χ3n) is 4.30. The Hall–Kier alpha value is -2.57. The monoisotopic (exact) mass is 371 g/mol. The number of fused-ring (bicyclic) bond motifs is 1. The molecule has 1 saturated heterocycles. The number of carbonyl (C=O) groups is 1. The normalized spacial score (nSPS) is 16.7. The van der Waals surface area contributed by atoms with Crippen LogP contribution in [0.15, 0.2) is 47.1 Å². The van der Waals surface area contributed by atoms with Crippen LogP contribution in [0.5, 0.6) is 0 Å². The van der Waals surface area contributed by atoms with E-state index in [1.54, 1.807) is 24.5 Å². The highest BCUT2D eigenvalue weighted by Crippen LogP contribution is 2.27. The van der Waals surface area contributed by atoms with Crippen LogP contribution in [0.1, 0.15) is 23.3 Å². The van der Waals surface area contributed by atoms with Gasteiger partial charge in [0.2, 0.25) is 0 Å². The van der Waals surface area contributed by atoms with Gasteiger partial charge in [-0.2, -0.15) is 0 Å². The van der Waals surface area contributed by atoms with Gasteiger partial charge in [-0.05, 0) is 43.2 Å². The molecule has 1 fully saturated rings. The van der Waals surface area contributed by atoms with Crippen LogP contribution in [0.2, 0.25) is 5.02 Å². The van der Waals surface area contributed by atoms with E-state index in [9.17, 15) is 4.79 Å². The standard InChI is InChI=1S/C19H18ClN3O3/c20-12-3-5-13(6-4-12)22-18-15-7-9-26-17(15)10-16(23-18)19(24)21-11-14-2-1-8-25-14/h3-7,9-10,14H,1-2,8,11H2,(H,21,24)(H,22,23)/t14-/m1/s1. The molecule has 2 aromatic heterocycles. The number of carbonyl (C=O) groups excluding carboxylic acids is 1. The molecule has 0 saturated carbocycles. The quantitative estimate of drug-likeness (QED) is 0.705. The Bertz CT molecular complexity index is 917. The number of furan rings is 1. The van der Waals surface area contributed by atoms with Gasteiger partial charge in [0.05, 0.1) is 17.8 Å². The van der Waals surface area contributed by atoms with Crippen molar-refractivity contribution in [3.05, 3.63) is 53.4 Å². The molecule has 1 aromatic carbocycles. The molecule has 4 rings (SSSR count). The van der Waals surface area contributed by atoms with Crippen LogP contribution in [0, 0.1) is 0 Å². The lowest BCUT2D eigenvalue weighted by Crippen LogP contribution is -2.32. The second-order valence-corrected chi connectivity index (χ2v) is 6.60. The minimum absolute atomic E-state index is 0.0814.